The summed E-state index contributed by atoms with van der Waals surface area (Å²) < 4.78 is 37.5. The van der Waals surface area contributed by atoms with Crippen molar-refractivity contribution < 1.29 is 52.4 Å². The van der Waals surface area contributed by atoms with Gasteiger partial charge in [-0.2, -0.15) is 0 Å². The van der Waals surface area contributed by atoms with Gasteiger partial charge in [0.05, 0.1) is 18.6 Å². The molecule has 3 aliphatic carbocycles. The summed E-state index contributed by atoms with van der Waals surface area (Å²) >= 11 is 0. The minimum atomic E-state index is -1.12. The van der Waals surface area contributed by atoms with Crippen LogP contribution in [0.3, 0.4) is 0 Å². The highest BCUT2D eigenvalue weighted by molar-refractivity contribution is 5.89. The number of hydrogen-bond acceptors (Lipinski definition) is 13. The molecule has 1 N–H and O–H groups in total. The van der Waals surface area contributed by atoms with Crippen LogP contribution in [0.15, 0.2) is 66.0 Å². The second kappa shape index (κ2) is 15.6. The highest BCUT2D eigenvalue weighted by Crippen LogP contribution is 2.61. The number of pyridine rings is 1. The number of benzene rings is 1. The molecule has 1 aromatic carbocycles. The predicted octanol–water partition coefficient (Wildman–Crippen LogP) is 4.84. The summed E-state index contributed by atoms with van der Waals surface area (Å²) in [5, 5.41) is 3.20. The summed E-state index contributed by atoms with van der Waals surface area (Å²) in [6.45, 7) is 9.89. The highest BCUT2D eigenvalue weighted by Gasteiger charge is 2.71. The summed E-state index contributed by atoms with van der Waals surface area (Å²) in [6, 6.07) is 12.5. The number of esters is 5. The van der Waals surface area contributed by atoms with Crippen LogP contribution in [-0.4, -0.2) is 84.6 Å². The number of rotatable bonds is 10. The zero-order valence-electron chi connectivity index (χ0n) is 31.9. The van der Waals surface area contributed by atoms with Crippen LogP contribution >= 0.6 is 0 Å². The van der Waals surface area contributed by atoms with Crippen molar-refractivity contribution in [2.75, 3.05) is 13.7 Å². The van der Waals surface area contributed by atoms with Crippen LogP contribution in [0, 0.1) is 23.2 Å². The molecule has 0 unspecified atom stereocenters. The molecule has 4 aliphatic rings. The largest absolute Gasteiger partial charge is 0.462 e. The minimum absolute atomic E-state index is 0.0571. The number of nitrogens with one attached hydrogen (secondary N) is 1. The Morgan fingerprint density at radius 1 is 0.889 bits per heavy atom. The SMILES string of the molecule is CN[C@@H](CC(=O)O[C@@H]1CC[C@@H]2[C@H](OC(=O)c3cccnc3)[C@H](OC(C)=O)C3=C(C)[C@@H](OC(C)=O)C[C@@H]([C@H](OC(C)=O)[C@@H]2[C@]12CO2)C3(C)C)c1ccccc1. The molecule has 2 saturated carbocycles. The molecule has 3 fully saturated rings. The van der Waals surface area contributed by atoms with E-state index in [-0.39, 0.29) is 31.1 Å². The van der Waals surface area contributed by atoms with Gasteiger partial charge in [-0.3, -0.25) is 24.2 Å². The Hall–Kier alpha value is -4.62. The van der Waals surface area contributed by atoms with Gasteiger partial charge in [0, 0.05) is 57.0 Å². The van der Waals surface area contributed by atoms with Gasteiger partial charge in [0.2, 0.25) is 0 Å². The van der Waals surface area contributed by atoms with Crippen molar-refractivity contribution in [3.05, 3.63) is 77.1 Å². The number of carbonyl (C=O) groups excluding carboxylic acids is 5. The van der Waals surface area contributed by atoms with Gasteiger partial charge < -0.3 is 33.7 Å². The summed E-state index contributed by atoms with van der Waals surface area (Å²) in [6.07, 6.45) is -0.633. The van der Waals surface area contributed by atoms with Crippen LogP contribution in [0.2, 0.25) is 0 Å². The van der Waals surface area contributed by atoms with Crippen LogP contribution in [0.1, 0.15) is 89.2 Å². The van der Waals surface area contributed by atoms with Crippen molar-refractivity contribution in [1.29, 1.82) is 0 Å². The number of hydrogen-bond donors (Lipinski definition) is 1. The monoisotopic (exact) mass is 746 g/mol. The van der Waals surface area contributed by atoms with E-state index in [0.717, 1.165) is 5.56 Å². The molecule has 2 bridgehead atoms. The summed E-state index contributed by atoms with van der Waals surface area (Å²) in [7, 11) is 1.78. The molecule has 290 valence electrons. The van der Waals surface area contributed by atoms with Gasteiger partial charge in [-0.15, -0.1) is 0 Å². The van der Waals surface area contributed by atoms with Crippen molar-refractivity contribution in [3.8, 4) is 0 Å². The molecule has 0 amide bonds. The van der Waals surface area contributed by atoms with Crippen LogP contribution in [0.25, 0.3) is 0 Å². The molecule has 10 atom stereocenters. The molecule has 13 heteroatoms. The van der Waals surface area contributed by atoms with Crippen LogP contribution in [0.5, 0.6) is 0 Å². The second-order valence-electron chi connectivity index (χ2n) is 15.4. The van der Waals surface area contributed by atoms with Gasteiger partial charge in [0.25, 0.3) is 0 Å². The smallest absolute Gasteiger partial charge is 0.340 e. The third kappa shape index (κ3) is 7.66. The number of fused-ring (bicyclic) bond motifs is 4. The lowest BCUT2D eigenvalue weighted by molar-refractivity contribution is -0.200. The molecule has 6 rings (SSSR count). The maximum absolute atomic E-state index is 14.0. The lowest BCUT2D eigenvalue weighted by Gasteiger charge is -2.57. The molecule has 1 aliphatic heterocycles. The molecule has 1 saturated heterocycles. The van der Waals surface area contributed by atoms with Gasteiger partial charge in [0.1, 0.15) is 30.0 Å². The number of carbonyl (C=O) groups is 5. The van der Waals surface area contributed by atoms with Crippen molar-refractivity contribution in [2.24, 2.45) is 23.2 Å². The fourth-order valence-corrected chi connectivity index (χ4v) is 9.47. The van der Waals surface area contributed by atoms with Crippen molar-refractivity contribution in [1.82, 2.24) is 10.3 Å². The lowest BCUT2D eigenvalue weighted by Crippen LogP contribution is -2.64. The van der Waals surface area contributed by atoms with Gasteiger partial charge in [-0.1, -0.05) is 44.2 Å². The van der Waals surface area contributed by atoms with E-state index >= 15 is 0 Å². The second-order valence-corrected chi connectivity index (χ2v) is 15.4. The Kier molecular flexibility index (Phi) is 11.3. The third-order valence-electron chi connectivity index (χ3n) is 11.8. The van der Waals surface area contributed by atoms with Gasteiger partial charge in [-0.25, -0.2) is 4.79 Å². The Balaban J connectivity index is 1.48. The Morgan fingerprint density at radius 2 is 1.57 bits per heavy atom. The van der Waals surface area contributed by atoms with E-state index < -0.39 is 89.1 Å². The average molecular weight is 747 g/mol. The first-order valence-electron chi connectivity index (χ1n) is 18.6. The summed E-state index contributed by atoms with van der Waals surface area (Å²) in [5.41, 5.74) is 0.428. The number of aromatic nitrogens is 1. The first-order valence-corrected chi connectivity index (χ1v) is 18.6. The standard InChI is InChI=1S/C41H50N2O11/c1-22-31(50-23(2)44)18-29-37(51-24(3)45)35-28(15-16-32(41(35)21-49-41)53-33(47)19-30(42-7)26-12-9-8-10-13-26)36(54-39(48)27-14-11-17-43-20-27)38(52-25(4)46)34(22)40(29,5)6/h8-14,17,20,28-32,35-38,42H,15-16,18-19,21H2,1-7H3/t28-,29-,30-,31-,32+,35+,36-,37-,38+,41-/m0/s1. The van der Waals surface area contributed by atoms with Crippen molar-refractivity contribution in [3.63, 3.8) is 0 Å². The van der Waals surface area contributed by atoms with Gasteiger partial charge in [-0.05, 0) is 67.5 Å². The van der Waals surface area contributed by atoms with Crippen molar-refractivity contribution in [2.45, 2.75) is 109 Å². The van der Waals surface area contributed by atoms with E-state index in [4.69, 9.17) is 28.4 Å². The zero-order chi connectivity index (χ0) is 38.9. The average Bonchev–Trinajstić information content (AvgIpc) is 3.91. The van der Waals surface area contributed by atoms with Gasteiger partial charge in [0.15, 0.2) is 6.10 Å². The zero-order valence-corrected chi connectivity index (χ0v) is 31.9. The van der Waals surface area contributed by atoms with E-state index in [1.165, 1.54) is 33.2 Å². The minimum Gasteiger partial charge on any atom is -0.462 e. The first kappa shape index (κ1) is 39.1. The van der Waals surface area contributed by atoms with Crippen molar-refractivity contribution >= 4 is 29.8 Å². The molecular formula is C41H50N2O11. The molecule has 0 radical (unpaired) electrons. The van der Waals surface area contributed by atoms with E-state index in [1.54, 1.807) is 19.2 Å². The molecule has 2 heterocycles. The van der Waals surface area contributed by atoms with E-state index in [1.807, 2.05) is 51.1 Å². The number of ether oxygens (including phenoxy) is 6. The van der Waals surface area contributed by atoms with E-state index in [9.17, 15) is 24.0 Å². The van der Waals surface area contributed by atoms with Crippen LogP contribution in [-0.2, 0) is 47.6 Å². The summed E-state index contributed by atoms with van der Waals surface area (Å²) in [5.74, 6) is -4.57. The fraction of sp³-hybridized carbons (Fsp3) is 0.561. The predicted molar refractivity (Wildman–Crippen MR) is 192 cm³/mol. The molecule has 2 aromatic rings. The quantitative estimate of drug-likeness (QED) is 0.152. The van der Waals surface area contributed by atoms with Crippen LogP contribution < -0.4 is 5.32 Å². The lowest BCUT2D eigenvalue weighted by atomic mass is 9.52. The van der Waals surface area contributed by atoms with E-state index in [0.29, 0.717) is 24.0 Å². The highest BCUT2D eigenvalue weighted by atomic mass is 16.6. The number of epoxide rings is 1. The molecule has 1 aromatic heterocycles. The van der Waals surface area contributed by atoms with Gasteiger partial charge >= 0.3 is 29.8 Å². The summed E-state index contributed by atoms with van der Waals surface area (Å²) in [4.78, 5) is 70.4. The van der Waals surface area contributed by atoms with E-state index in [2.05, 4.69) is 10.3 Å². The maximum Gasteiger partial charge on any atom is 0.340 e. The first-order chi connectivity index (χ1) is 25.7. The molecule has 1 spiro atoms. The molecule has 13 nitrogen and oxygen atoms in total. The molecular weight excluding hydrogens is 696 g/mol. The maximum atomic E-state index is 14.0. The topological polar surface area (TPSA) is 169 Å². The Morgan fingerprint density at radius 3 is 2.17 bits per heavy atom. The molecule has 54 heavy (non-hydrogen) atoms. The number of nitrogens with zero attached hydrogens (tertiary/aromatic N) is 1. The third-order valence-corrected chi connectivity index (χ3v) is 11.8. The van der Waals surface area contributed by atoms with Crippen LogP contribution in [0.4, 0.5) is 0 Å². The fourth-order valence-electron chi connectivity index (χ4n) is 9.47. The Labute approximate surface area is 315 Å². The normalized spacial score (nSPS) is 31.5. The Bertz CT molecular complexity index is 1770.